The van der Waals surface area contributed by atoms with Crippen molar-refractivity contribution in [2.45, 2.75) is 13.0 Å². The van der Waals surface area contributed by atoms with E-state index in [9.17, 15) is 4.39 Å². The first-order chi connectivity index (χ1) is 16.6. The van der Waals surface area contributed by atoms with Gasteiger partial charge in [0.15, 0.2) is 0 Å². The molecule has 4 aromatic rings. The van der Waals surface area contributed by atoms with Crippen molar-refractivity contribution in [3.63, 3.8) is 0 Å². The van der Waals surface area contributed by atoms with Gasteiger partial charge in [-0.3, -0.25) is 14.9 Å². The summed E-state index contributed by atoms with van der Waals surface area (Å²) in [5.41, 5.74) is 9.69. The Morgan fingerprint density at radius 1 is 1.06 bits per heavy atom. The molecule has 0 amide bonds. The van der Waals surface area contributed by atoms with Crippen LogP contribution in [0.5, 0.6) is 0 Å². The van der Waals surface area contributed by atoms with Crippen LogP contribution in [0.2, 0.25) is 0 Å². The summed E-state index contributed by atoms with van der Waals surface area (Å²) in [5, 5.41) is 5.31. The van der Waals surface area contributed by atoms with E-state index in [0.717, 1.165) is 25.2 Å². The lowest BCUT2D eigenvalue weighted by atomic mass is 10.1. The Labute approximate surface area is 196 Å². The Bertz CT molecular complexity index is 1320. The highest BCUT2D eigenvalue weighted by molar-refractivity contribution is 5.93. The van der Waals surface area contributed by atoms with E-state index in [0.29, 0.717) is 17.1 Å². The number of likely N-dealkylation sites (tertiary alicyclic amines) is 1. The third-order valence-electron chi connectivity index (χ3n) is 5.76. The third-order valence-corrected chi connectivity index (χ3v) is 5.76. The van der Waals surface area contributed by atoms with E-state index in [1.807, 2.05) is 18.2 Å². The standard InChI is InChI=1S/C25H24FN7O/c26-20-7-1-2-8-21(20)33(28)23(18-9-11-29-12-10-18)22(27)25-30-24(31-34-25)19-6-3-5-17(15-19)16-32-13-4-14-32/h1-3,5-12,15H,4,13-14,16,27-28H2/b23-22-. The van der Waals surface area contributed by atoms with E-state index >= 15 is 0 Å². The molecule has 3 heterocycles. The Morgan fingerprint density at radius 3 is 2.59 bits per heavy atom. The van der Waals surface area contributed by atoms with Crippen molar-refractivity contribution < 1.29 is 8.91 Å². The largest absolute Gasteiger partial charge is 0.392 e. The highest BCUT2D eigenvalue weighted by Crippen LogP contribution is 2.30. The molecule has 1 saturated heterocycles. The lowest BCUT2D eigenvalue weighted by Gasteiger charge is -2.30. The number of aromatic nitrogens is 3. The molecule has 0 unspecified atom stereocenters. The van der Waals surface area contributed by atoms with Crippen LogP contribution in [0.1, 0.15) is 23.4 Å². The Kier molecular flexibility index (Phi) is 6.03. The van der Waals surface area contributed by atoms with E-state index in [-0.39, 0.29) is 17.3 Å². The predicted octanol–water partition coefficient (Wildman–Crippen LogP) is 3.64. The van der Waals surface area contributed by atoms with Gasteiger partial charge in [0.2, 0.25) is 5.82 Å². The summed E-state index contributed by atoms with van der Waals surface area (Å²) in [6.45, 7) is 3.12. The number of anilines is 1. The van der Waals surface area contributed by atoms with Crippen molar-refractivity contribution in [1.29, 1.82) is 0 Å². The molecule has 0 spiro atoms. The van der Waals surface area contributed by atoms with Crippen LogP contribution in [0.4, 0.5) is 10.1 Å². The van der Waals surface area contributed by atoms with Crippen LogP contribution < -0.4 is 16.6 Å². The molecular weight excluding hydrogens is 433 g/mol. The normalized spacial score (nSPS) is 14.4. The van der Waals surface area contributed by atoms with Gasteiger partial charge in [0.25, 0.3) is 5.89 Å². The number of para-hydroxylation sites is 1. The van der Waals surface area contributed by atoms with Crippen LogP contribution in [0, 0.1) is 5.82 Å². The highest BCUT2D eigenvalue weighted by atomic mass is 19.1. The summed E-state index contributed by atoms with van der Waals surface area (Å²) in [5.74, 6) is 6.36. The van der Waals surface area contributed by atoms with Crippen LogP contribution >= 0.6 is 0 Å². The minimum atomic E-state index is -0.491. The third kappa shape index (κ3) is 4.39. The fourth-order valence-electron chi connectivity index (χ4n) is 3.86. The average Bonchev–Trinajstić information content (AvgIpc) is 3.33. The van der Waals surface area contributed by atoms with Crippen molar-refractivity contribution in [1.82, 2.24) is 20.0 Å². The van der Waals surface area contributed by atoms with E-state index in [4.69, 9.17) is 16.1 Å². The Hall–Kier alpha value is -4.08. The first kappa shape index (κ1) is 21.7. The van der Waals surface area contributed by atoms with E-state index in [1.165, 1.54) is 23.1 Å². The molecule has 0 radical (unpaired) electrons. The minimum absolute atomic E-state index is 0.0850. The molecule has 172 valence electrons. The maximum Gasteiger partial charge on any atom is 0.276 e. The number of rotatable bonds is 7. The number of benzene rings is 2. The van der Waals surface area contributed by atoms with E-state index < -0.39 is 5.82 Å². The molecule has 0 atom stereocenters. The van der Waals surface area contributed by atoms with Crippen LogP contribution in [-0.2, 0) is 6.54 Å². The fraction of sp³-hybridized carbons (Fsp3) is 0.160. The highest BCUT2D eigenvalue weighted by Gasteiger charge is 2.22. The van der Waals surface area contributed by atoms with Gasteiger partial charge >= 0.3 is 0 Å². The van der Waals surface area contributed by atoms with E-state index in [2.05, 4.69) is 26.1 Å². The molecule has 1 aliphatic rings. The zero-order chi connectivity index (χ0) is 23.5. The number of pyridine rings is 1. The minimum Gasteiger partial charge on any atom is -0.392 e. The maximum absolute atomic E-state index is 14.5. The molecular formula is C25H24FN7O. The van der Waals surface area contributed by atoms with Crippen LogP contribution in [0.15, 0.2) is 77.6 Å². The number of hydrogen-bond donors (Lipinski definition) is 2. The molecule has 34 heavy (non-hydrogen) atoms. The number of hydrazine groups is 1. The summed E-state index contributed by atoms with van der Waals surface area (Å²) >= 11 is 0. The molecule has 0 aliphatic carbocycles. The number of halogens is 1. The van der Waals surface area contributed by atoms with Crippen LogP contribution in [-0.4, -0.2) is 33.1 Å². The van der Waals surface area contributed by atoms with Gasteiger partial charge in [-0.25, -0.2) is 10.2 Å². The zero-order valence-corrected chi connectivity index (χ0v) is 18.4. The van der Waals surface area contributed by atoms with Gasteiger partial charge in [-0.2, -0.15) is 4.98 Å². The first-order valence-corrected chi connectivity index (χ1v) is 11.0. The molecule has 0 bridgehead atoms. The van der Waals surface area contributed by atoms with E-state index in [1.54, 1.807) is 42.7 Å². The predicted molar refractivity (Wildman–Crippen MR) is 128 cm³/mol. The molecule has 2 aromatic heterocycles. The van der Waals surface area contributed by atoms with Crippen molar-refractivity contribution in [3.8, 4) is 11.4 Å². The van der Waals surface area contributed by atoms with Gasteiger partial charge < -0.3 is 10.3 Å². The van der Waals surface area contributed by atoms with Gasteiger partial charge in [0, 0.05) is 30.1 Å². The molecule has 1 fully saturated rings. The molecule has 5 rings (SSSR count). The molecule has 9 heteroatoms. The summed E-state index contributed by atoms with van der Waals surface area (Å²) in [7, 11) is 0. The summed E-state index contributed by atoms with van der Waals surface area (Å²) < 4.78 is 20.0. The lowest BCUT2D eigenvalue weighted by molar-refractivity contribution is 0.172. The first-order valence-electron chi connectivity index (χ1n) is 11.0. The van der Waals surface area contributed by atoms with Gasteiger partial charge in [0.1, 0.15) is 11.5 Å². The number of hydrogen-bond acceptors (Lipinski definition) is 8. The quantitative estimate of drug-likeness (QED) is 0.320. The monoisotopic (exact) mass is 457 g/mol. The fourth-order valence-corrected chi connectivity index (χ4v) is 3.86. The molecule has 4 N–H and O–H groups in total. The summed E-state index contributed by atoms with van der Waals surface area (Å²) in [6.07, 6.45) is 4.44. The smallest absolute Gasteiger partial charge is 0.276 e. The van der Waals surface area contributed by atoms with Gasteiger partial charge in [-0.15, -0.1) is 0 Å². The second-order valence-corrected chi connectivity index (χ2v) is 8.07. The maximum atomic E-state index is 14.5. The SMILES string of the molecule is N/C(=C(/c1ccncc1)N(N)c1ccccc1F)c1nc(-c2cccc(CN3CCC3)c2)no1. The van der Waals surface area contributed by atoms with Crippen LogP contribution in [0.3, 0.4) is 0 Å². The Morgan fingerprint density at radius 2 is 1.85 bits per heavy atom. The van der Waals surface area contributed by atoms with Gasteiger partial charge in [0.05, 0.1) is 11.4 Å². The summed E-state index contributed by atoms with van der Waals surface area (Å²) in [4.78, 5) is 10.9. The number of nitrogens with zero attached hydrogens (tertiary/aromatic N) is 5. The van der Waals surface area contributed by atoms with Gasteiger partial charge in [-0.05, 0) is 55.4 Å². The topological polar surface area (TPSA) is 110 Å². The molecule has 8 nitrogen and oxygen atoms in total. The average molecular weight is 458 g/mol. The van der Waals surface area contributed by atoms with Crippen molar-refractivity contribution in [3.05, 3.63) is 95.9 Å². The zero-order valence-electron chi connectivity index (χ0n) is 18.4. The molecule has 0 saturated carbocycles. The molecule has 1 aliphatic heterocycles. The van der Waals surface area contributed by atoms with Crippen molar-refractivity contribution >= 4 is 17.1 Å². The molecule has 2 aromatic carbocycles. The summed E-state index contributed by atoms with van der Waals surface area (Å²) in [6, 6.07) is 17.6. The van der Waals surface area contributed by atoms with Crippen molar-refractivity contribution in [2.75, 3.05) is 18.1 Å². The second-order valence-electron chi connectivity index (χ2n) is 8.07. The van der Waals surface area contributed by atoms with Crippen LogP contribution in [0.25, 0.3) is 22.8 Å². The Balaban J connectivity index is 1.52. The van der Waals surface area contributed by atoms with Crippen molar-refractivity contribution in [2.24, 2.45) is 11.6 Å². The number of nitrogens with two attached hydrogens (primary N) is 2. The van der Waals surface area contributed by atoms with Gasteiger partial charge in [-0.1, -0.05) is 35.5 Å². The second kappa shape index (κ2) is 9.42. The lowest BCUT2D eigenvalue weighted by Crippen LogP contribution is -2.36.